The van der Waals surface area contributed by atoms with Crippen LogP contribution < -0.4 is 15.9 Å². The first-order chi connectivity index (χ1) is 13.9. The number of anilines is 1. The molecule has 0 fully saturated rings. The van der Waals surface area contributed by atoms with Crippen molar-refractivity contribution in [2.45, 2.75) is 5.16 Å². The van der Waals surface area contributed by atoms with E-state index in [4.69, 9.17) is 22.2 Å². The van der Waals surface area contributed by atoms with Crippen molar-refractivity contribution in [2.24, 2.45) is 0 Å². The van der Waals surface area contributed by atoms with Gasteiger partial charge in [0.25, 0.3) is 5.69 Å². The van der Waals surface area contributed by atoms with E-state index in [0.717, 1.165) is 11.8 Å². The first kappa shape index (κ1) is 20.4. The van der Waals surface area contributed by atoms with E-state index in [1.54, 1.807) is 12.1 Å². The number of amides is 1. The number of para-hydroxylation sites is 1. The van der Waals surface area contributed by atoms with E-state index in [1.165, 1.54) is 30.0 Å². The van der Waals surface area contributed by atoms with E-state index < -0.39 is 10.8 Å². The summed E-state index contributed by atoms with van der Waals surface area (Å²) in [6.07, 6.45) is 0. The predicted molar refractivity (Wildman–Crippen MR) is 110 cm³/mol. The predicted octanol–water partition coefficient (Wildman–Crippen LogP) is 2.96. The number of hydrogen-bond acceptors (Lipinski definition) is 8. The second kappa shape index (κ2) is 8.80. The van der Waals surface area contributed by atoms with Gasteiger partial charge in [-0.3, -0.25) is 14.9 Å². The maximum absolute atomic E-state index is 12.2. The van der Waals surface area contributed by atoms with Gasteiger partial charge in [-0.1, -0.05) is 35.5 Å². The Morgan fingerprint density at radius 2 is 2.10 bits per heavy atom. The summed E-state index contributed by atoms with van der Waals surface area (Å²) in [5.74, 6) is 6.54. The number of benzene rings is 2. The molecule has 0 aliphatic heterocycles. The summed E-state index contributed by atoms with van der Waals surface area (Å²) in [5, 5.41) is 22.0. The number of nitro groups is 1. The van der Waals surface area contributed by atoms with Crippen molar-refractivity contribution in [2.75, 3.05) is 24.0 Å². The zero-order chi connectivity index (χ0) is 21.0. The summed E-state index contributed by atoms with van der Waals surface area (Å²) in [5.41, 5.74) is 0.626. The van der Waals surface area contributed by atoms with Gasteiger partial charge in [-0.2, -0.15) is 0 Å². The van der Waals surface area contributed by atoms with Gasteiger partial charge in [-0.05, 0) is 18.2 Å². The molecule has 1 heterocycles. The summed E-state index contributed by atoms with van der Waals surface area (Å²) >= 11 is 7.04. The summed E-state index contributed by atoms with van der Waals surface area (Å²) in [7, 11) is 1.54. The van der Waals surface area contributed by atoms with Crippen molar-refractivity contribution in [3.05, 3.63) is 57.6 Å². The van der Waals surface area contributed by atoms with Gasteiger partial charge in [0.15, 0.2) is 5.82 Å². The lowest BCUT2D eigenvalue weighted by Gasteiger charge is -2.08. The second-order valence-electron chi connectivity index (χ2n) is 5.63. The second-order valence-corrected chi connectivity index (χ2v) is 6.98. The Labute approximate surface area is 174 Å². The van der Waals surface area contributed by atoms with Gasteiger partial charge >= 0.3 is 0 Å². The average Bonchev–Trinajstić information content (AvgIpc) is 3.08. The molecule has 3 N–H and O–H groups in total. The fourth-order valence-corrected chi connectivity index (χ4v) is 3.25. The van der Waals surface area contributed by atoms with Gasteiger partial charge < -0.3 is 15.9 Å². The van der Waals surface area contributed by atoms with E-state index in [9.17, 15) is 14.9 Å². The minimum absolute atomic E-state index is 0.0553. The number of halogens is 1. The molecule has 10 nitrogen and oxygen atoms in total. The first-order valence-corrected chi connectivity index (χ1v) is 9.47. The number of non-ortho nitro benzene ring substituents is 1. The lowest BCUT2D eigenvalue weighted by atomic mass is 10.2. The molecule has 3 rings (SSSR count). The number of methoxy groups -OCH3 is 1. The number of thioether (sulfide) groups is 1. The maximum atomic E-state index is 12.2. The highest BCUT2D eigenvalue weighted by atomic mass is 35.5. The Morgan fingerprint density at radius 3 is 2.83 bits per heavy atom. The number of nitrogen functional groups attached to an aromatic ring is 1. The molecule has 29 heavy (non-hydrogen) atoms. The molecule has 0 unspecified atom stereocenters. The van der Waals surface area contributed by atoms with Crippen molar-refractivity contribution < 1.29 is 14.5 Å². The molecule has 1 aromatic heterocycles. The minimum Gasteiger partial charge on any atom is -0.496 e. The molecule has 0 aliphatic carbocycles. The Balaban J connectivity index is 1.70. The van der Waals surface area contributed by atoms with Crippen molar-refractivity contribution in [1.29, 1.82) is 0 Å². The average molecular weight is 435 g/mol. The number of nitro benzene ring substituents is 1. The van der Waals surface area contributed by atoms with Crippen LogP contribution in [0.1, 0.15) is 0 Å². The van der Waals surface area contributed by atoms with E-state index >= 15 is 0 Å². The highest BCUT2D eigenvalue weighted by Gasteiger charge is 2.17. The van der Waals surface area contributed by atoms with E-state index in [1.807, 2.05) is 12.1 Å². The molecule has 0 atom stereocenters. The van der Waals surface area contributed by atoms with E-state index in [-0.39, 0.29) is 22.2 Å². The third kappa shape index (κ3) is 4.58. The fourth-order valence-electron chi connectivity index (χ4n) is 2.43. The smallest absolute Gasteiger partial charge is 0.271 e. The lowest BCUT2D eigenvalue weighted by molar-refractivity contribution is -0.384. The zero-order valence-corrected chi connectivity index (χ0v) is 16.6. The zero-order valence-electron chi connectivity index (χ0n) is 15.0. The molecule has 2 aromatic carbocycles. The fraction of sp³-hybridized carbons (Fsp3) is 0.118. The van der Waals surface area contributed by atoms with E-state index in [0.29, 0.717) is 22.3 Å². The van der Waals surface area contributed by atoms with Crippen LogP contribution in [0.3, 0.4) is 0 Å². The van der Waals surface area contributed by atoms with Crippen LogP contribution in [0.5, 0.6) is 5.75 Å². The van der Waals surface area contributed by atoms with Gasteiger partial charge in [-0.25, -0.2) is 4.68 Å². The molecule has 0 saturated carbocycles. The van der Waals surface area contributed by atoms with Gasteiger partial charge in [0, 0.05) is 12.1 Å². The Hall–Kier alpha value is -3.31. The highest BCUT2D eigenvalue weighted by Crippen LogP contribution is 2.30. The number of nitrogens with zero attached hydrogens (tertiary/aromatic N) is 4. The topological polar surface area (TPSA) is 138 Å². The molecule has 1 amide bonds. The quantitative estimate of drug-likeness (QED) is 0.250. The number of aromatic nitrogens is 3. The lowest BCUT2D eigenvalue weighted by Crippen LogP contribution is -2.16. The number of hydrogen-bond donors (Lipinski definition) is 2. The summed E-state index contributed by atoms with van der Waals surface area (Å²) in [6.45, 7) is 0. The van der Waals surface area contributed by atoms with Crippen LogP contribution in [0.2, 0.25) is 5.02 Å². The molecule has 0 saturated heterocycles. The van der Waals surface area contributed by atoms with Gasteiger partial charge in [0.2, 0.25) is 11.1 Å². The van der Waals surface area contributed by atoms with Crippen molar-refractivity contribution in [3.63, 3.8) is 0 Å². The number of ether oxygens (including phenoxy) is 1. The Morgan fingerprint density at radius 1 is 1.34 bits per heavy atom. The molecule has 0 aliphatic rings. The van der Waals surface area contributed by atoms with E-state index in [2.05, 4.69) is 15.5 Å². The third-order valence-corrected chi connectivity index (χ3v) is 5.05. The molecule has 150 valence electrons. The highest BCUT2D eigenvalue weighted by molar-refractivity contribution is 7.99. The van der Waals surface area contributed by atoms with Crippen LogP contribution in [0.4, 0.5) is 11.4 Å². The third-order valence-electron chi connectivity index (χ3n) is 3.78. The molecule has 3 aromatic rings. The van der Waals surface area contributed by atoms with Crippen LogP contribution in [-0.2, 0) is 4.79 Å². The number of carbonyl (C=O) groups is 1. The van der Waals surface area contributed by atoms with Crippen LogP contribution >= 0.6 is 23.4 Å². The SMILES string of the molecule is COc1ccccc1-c1nnc(SCC(=O)Nc2cc([N+](=O)[O-])ccc2Cl)n1N. The van der Waals surface area contributed by atoms with Crippen LogP contribution in [0, 0.1) is 10.1 Å². The number of nitrogens with two attached hydrogens (primary N) is 1. The largest absolute Gasteiger partial charge is 0.496 e. The van der Waals surface area contributed by atoms with Gasteiger partial charge in [-0.15, -0.1) is 10.2 Å². The first-order valence-electron chi connectivity index (χ1n) is 8.11. The number of carbonyl (C=O) groups excluding carboxylic acids is 1. The normalized spacial score (nSPS) is 10.6. The van der Waals surface area contributed by atoms with Crippen LogP contribution in [-0.4, -0.2) is 38.6 Å². The molecule has 0 radical (unpaired) electrons. The molecular formula is C17H15ClN6O4S. The summed E-state index contributed by atoms with van der Waals surface area (Å²) in [6, 6.07) is 11.0. The minimum atomic E-state index is -0.572. The Kier molecular flexibility index (Phi) is 6.20. The molecule has 12 heteroatoms. The molecule has 0 bridgehead atoms. The van der Waals surface area contributed by atoms with Gasteiger partial charge in [0.1, 0.15) is 5.75 Å². The van der Waals surface area contributed by atoms with Crippen molar-refractivity contribution in [3.8, 4) is 17.1 Å². The summed E-state index contributed by atoms with van der Waals surface area (Å²) in [4.78, 5) is 22.5. The number of nitrogens with one attached hydrogen (secondary N) is 1. The molecular weight excluding hydrogens is 420 g/mol. The van der Waals surface area contributed by atoms with Crippen molar-refractivity contribution >= 4 is 40.6 Å². The maximum Gasteiger partial charge on any atom is 0.271 e. The monoisotopic (exact) mass is 434 g/mol. The molecule has 0 spiro atoms. The van der Waals surface area contributed by atoms with Crippen LogP contribution in [0.15, 0.2) is 47.6 Å². The van der Waals surface area contributed by atoms with Crippen LogP contribution in [0.25, 0.3) is 11.4 Å². The number of rotatable bonds is 7. The standard InChI is InChI=1S/C17H15ClN6O4S/c1-28-14-5-3-2-4-11(14)16-21-22-17(23(16)19)29-9-15(25)20-13-8-10(24(26)27)6-7-12(13)18/h2-8H,9,19H2,1H3,(H,20,25). The Bertz CT molecular complexity index is 1070. The summed E-state index contributed by atoms with van der Waals surface area (Å²) < 4.78 is 6.56. The van der Waals surface area contributed by atoms with Crippen molar-refractivity contribution in [1.82, 2.24) is 14.9 Å². The van der Waals surface area contributed by atoms with Gasteiger partial charge in [0.05, 0.1) is 34.1 Å².